The number of aromatic hydroxyl groups is 1. The van der Waals surface area contributed by atoms with Crippen LogP contribution in [0.25, 0.3) is 6.08 Å². The van der Waals surface area contributed by atoms with Gasteiger partial charge in [0.15, 0.2) is 5.75 Å². The zero-order valence-corrected chi connectivity index (χ0v) is 13.0. The number of amides is 1. The fourth-order valence-corrected chi connectivity index (χ4v) is 2.22. The molecular formula is C13H11N7O5. The van der Waals surface area contributed by atoms with Gasteiger partial charge in [0.25, 0.3) is 11.9 Å². The molecule has 0 radical (unpaired) electrons. The molecule has 0 bridgehead atoms. The van der Waals surface area contributed by atoms with E-state index >= 15 is 0 Å². The lowest BCUT2D eigenvalue weighted by Gasteiger charge is -2.07. The maximum atomic E-state index is 12.5. The molecule has 2 aromatic rings. The molecule has 2 N–H and O–H groups in total. The molecule has 25 heavy (non-hydrogen) atoms. The number of carbonyl (C=O) groups excluding carboxylic acids is 1. The predicted molar refractivity (Wildman–Crippen MR) is 84.1 cm³/mol. The number of nitro groups is 1. The minimum Gasteiger partial charge on any atom is -0.500 e. The van der Waals surface area contributed by atoms with Crippen LogP contribution < -0.4 is 9.75 Å². The maximum absolute atomic E-state index is 12.5. The number of aromatic amines is 1. The zero-order valence-electron chi connectivity index (χ0n) is 13.0. The Hall–Kier alpha value is -3.83. The summed E-state index contributed by atoms with van der Waals surface area (Å²) in [7, 11) is 1.26. The Labute approximate surface area is 139 Å². The fraction of sp³-hybridized carbons (Fsp3) is 0.154. The van der Waals surface area contributed by atoms with Gasteiger partial charge in [0, 0.05) is 6.07 Å². The highest BCUT2D eigenvalue weighted by Gasteiger charge is 2.31. The van der Waals surface area contributed by atoms with Gasteiger partial charge in [0.05, 0.1) is 23.3 Å². The molecule has 0 atom stereocenters. The van der Waals surface area contributed by atoms with Crippen molar-refractivity contribution in [2.75, 3.05) is 12.1 Å². The third-order valence-corrected chi connectivity index (χ3v) is 3.39. The van der Waals surface area contributed by atoms with Crippen LogP contribution in [0.3, 0.4) is 0 Å². The molecule has 128 valence electrons. The standard InChI is InChI=1S/C13H11N7O5/c1-6-8(12(22)19(16-6)13-14-17-18-15-13)3-7-4-9(20(23)24)11(21)10(5-7)25-2/h3-5,21H,1-2H3,(H,14,15,17,18)/b8-3-. The summed E-state index contributed by atoms with van der Waals surface area (Å²) in [5.41, 5.74) is 0.298. The summed E-state index contributed by atoms with van der Waals surface area (Å²) >= 11 is 0. The lowest BCUT2D eigenvalue weighted by atomic mass is 10.1. The third kappa shape index (κ3) is 2.75. The van der Waals surface area contributed by atoms with E-state index in [1.165, 1.54) is 19.3 Å². The first kappa shape index (κ1) is 16.0. The Bertz CT molecular complexity index is 919. The number of nitrogens with one attached hydrogen (secondary N) is 1. The highest BCUT2D eigenvalue weighted by Crippen LogP contribution is 2.37. The number of ether oxygens (including phenoxy) is 1. The number of H-pyrrole nitrogens is 1. The number of tetrazole rings is 1. The van der Waals surface area contributed by atoms with E-state index in [-0.39, 0.29) is 22.8 Å². The lowest BCUT2D eigenvalue weighted by molar-refractivity contribution is -0.386. The van der Waals surface area contributed by atoms with Gasteiger partial charge in [-0.15, -0.1) is 5.10 Å². The Morgan fingerprint density at radius 2 is 2.20 bits per heavy atom. The van der Waals surface area contributed by atoms with Gasteiger partial charge in [-0.3, -0.25) is 14.9 Å². The number of phenols is 1. The van der Waals surface area contributed by atoms with Crippen molar-refractivity contribution >= 4 is 29.3 Å². The summed E-state index contributed by atoms with van der Waals surface area (Å²) in [6, 6.07) is 2.50. The molecule has 1 amide bonds. The van der Waals surface area contributed by atoms with Gasteiger partial charge in [0.2, 0.25) is 5.75 Å². The topological polar surface area (TPSA) is 160 Å². The Morgan fingerprint density at radius 1 is 1.44 bits per heavy atom. The van der Waals surface area contributed by atoms with Gasteiger partial charge in [-0.1, -0.05) is 5.10 Å². The molecule has 0 saturated carbocycles. The lowest BCUT2D eigenvalue weighted by Crippen LogP contribution is -2.22. The predicted octanol–water partition coefficient (Wildman–Crippen LogP) is 0.628. The van der Waals surface area contributed by atoms with Crippen LogP contribution in [0.2, 0.25) is 0 Å². The number of phenolic OH excluding ortho intramolecular Hbond substituents is 1. The van der Waals surface area contributed by atoms with E-state index in [1.54, 1.807) is 6.92 Å². The Kier molecular flexibility index (Phi) is 3.85. The second-order valence-electron chi connectivity index (χ2n) is 4.92. The first-order chi connectivity index (χ1) is 11.9. The van der Waals surface area contributed by atoms with Gasteiger partial charge in [-0.05, 0) is 29.8 Å². The molecule has 1 aromatic carbocycles. The summed E-state index contributed by atoms with van der Waals surface area (Å²) in [6.07, 6.45) is 1.40. The largest absolute Gasteiger partial charge is 0.500 e. The molecule has 0 saturated heterocycles. The van der Waals surface area contributed by atoms with Crippen LogP contribution >= 0.6 is 0 Å². The Morgan fingerprint density at radius 3 is 2.80 bits per heavy atom. The number of methoxy groups -OCH3 is 1. The van der Waals surface area contributed by atoms with Crippen molar-refractivity contribution in [3.05, 3.63) is 33.4 Å². The smallest absolute Gasteiger partial charge is 0.315 e. The number of hydrogen-bond donors (Lipinski definition) is 2. The summed E-state index contributed by atoms with van der Waals surface area (Å²) in [5.74, 6) is -1.22. The SMILES string of the molecule is COc1cc(/C=C2\C(=O)N(c3nn[nH]n3)N=C2C)cc([N+](=O)[O-])c1O. The van der Waals surface area contributed by atoms with Crippen molar-refractivity contribution in [3.63, 3.8) is 0 Å². The van der Waals surface area contributed by atoms with Crippen LogP contribution in [0.4, 0.5) is 11.6 Å². The molecule has 0 aliphatic carbocycles. The summed E-state index contributed by atoms with van der Waals surface area (Å²) < 4.78 is 4.93. The van der Waals surface area contributed by atoms with Crippen molar-refractivity contribution in [1.82, 2.24) is 20.6 Å². The molecule has 0 unspecified atom stereocenters. The normalized spacial score (nSPS) is 15.6. The van der Waals surface area contributed by atoms with Crippen LogP contribution in [-0.4, -0.2) is 49.4 Å². The quantitative estimate of drug-likeness (QED) is 0.463. The summed E-state index contributed by atoms with van der Waals surface area (Å²) in [5, 5.41) is 38.8. The number of benzene rings is 1. The number of carbonyl (C=O) groups is 1. The van der Waals surface area contributed by atoms with Gasteiger partial charge in [-0.2, -0.15) is 15.3 Å². The third-order valence-electron chi connectivity index (χ3n) is 3.39. The van der Waals surface area contributed by atoms with E-state index in [2.05, 4.69) is 25.7 Å². The van der Waals surface area contributed by atoms with Crippen LogP contribution in [0, 0.1) is 10.1 Å². The van der Waals surface area contributed by atoms with Crippen LogP contribution in [0.15, 0.2) is 22.8 Å². The van der Waals surface area contributed by atoms with Crippen molar-refractivity contribution in [3.8, 4) is 11.5 Å². The number of nitrogens with zero attached hydrogens (tertiary/aromatic N) is 6. The highest BCUT2D eigenvalue weighted by atomic mass is 16.6. The van der Waals surface area contributed by atoms with Crippen molar-refractivity contribution < 1.29 is 19.6 Å². The Balaban J connectivity index is 2.04. The molecule has 12 heteroatoms. The minimum atomic E-state index is -0.747. The number of aromatic nitrogens is 4. The van der Waals surface area contributed by atoms with Gasteiger partial charge in [0.1, 0.15) is 0 Å². The molecule has 2 heterocycles. The highest BCUT2D eigenvalue weighted by molar-refractivity contribution is 6.31. The fourth-order valence-electron chi connectivity index (χ4n) is 2.22. The average Bonchev–Trinajstić information content (AvgIpc) is 3.19. The van der Waals surface area contributed by atoms with E-state index < -0.39 is 22.3 Å². The minimum absolute atomic E-state index is 0.0259. The molecule has 12 nitrogen and oxygen atoms in total. The average molecular weight is 345 g/mol. The number of anilines is 1. The van der Waals surface area contributed by atoms with Crippen molar-refractivity contribution in [2.24, 2.45) is 5.10 Å². The van der Waals surface area contributed by atoms with E-state index in [0.29, 0.717) is 5.71 Å². The van der Waals surface area contributed by atoms with Crippen LogP contribution in [-0.2, 0) is 4.79 Å². The molecule has 3 rings (SSSR count). The van der Waals surface area contributed by atoms with Crippen LogP contribution in [0.1, 0.15) is 12.5 Å². The second-order valence-corrected chi connectivity index (χ2v) is 4.92. The number of hydrazone groups is 1. The first-order valence-corrected chi connectivity index (χ1v) is 6.83. The molecule has 0 spiro atoms. The molecule has 1 aromatic heterocycles. The van der Waals surface area contributed by atoms with Gasteiger partial charge < -0.3 is 9.84 Å². The van der Waals surface area contributed by atoms with E-state index in [0.717, 1.165) is 11.1 Å². The molecule has 1 aliphatic rings. The number of rotatable bonds is 4. The molecular weight excluding hydrogens is 334 g/mol. The van der Waals surface area contributed by atoms with Gasteiger partial charge in [-0.25, -0.2) is 0 Å². The van der Waals surface area contributed by atoms with E-state index in [4.69, 9.17) is 4.74 Å². The maximum Gasteiger partial charge on any atom is 0.315 e. The number of nitro benzene ring substituents is 1. The zero-order chi connectivity index (χ0) is 18.1. The summed E-state index contributed by atoms with van der Waals surface area (Å²) in [6.45, 7) is 1.59. The molecule has 1 aliphatic heterocycles. The van der Waals surface area contributed by atoms with Crippen LogP contribution in [0.5, 0.6) is 11.5 Å². The van der Waals surface area contributed by atoms with E-state index in [9.17, 15) is 20.0 Å². The monoisotopic (exact) mass is 345 g/mol. The van der Waals surface area contributed by atoms with Crippen molar-refractivity contribution in [2.45, 2.75) is 6.92 Å². The number of hydrogen-bond acceptors (Lipinski definition) is 9. The summed E-state index contributed by atoms with van der Waals surface area (Å²) in [4.78, 5) is 22.8. The van der Waals surface area contributed by atoms with Crippen molar-refractivity contribution in [1.29, 1.82) is 0 Å². The van der Waals surface area contributed by atoms with Gasteiger partial charge >= 0.3 is 5.69 Å². The first-order valence-electron chi connectivity index (χ1n) is 6.83. The second kappa shape index (κ2) is 5.99. The van der Waals surface area contributed by atoms with E-state index in [1.807, 2.05) is 0 Å². The molecule has 0 fully saturated rings.